The molecule has 0 aliphatic carbocycles. The number of carbonyl (C=O) groups is 1. The molecule has 1 saturated heterocycles. The number of ether oxygens (including phenoxy) is 1. The molecule has 0 spiro atoms. The van der Waals surface area contributed by atoms with E-state index in [9.17, 15) is 4.79 Å². The van der Waals surface area contributed by atoms with Gasteiger partial charge in [0.05, 0.1) is 7.11 Å². The van der Waals surface area contributed by atoms with E-state index in [-0.39, 0.29) is 11.9 Å². The van der Waals surface area contributed by atoms with Crippen molar-refractivity contribution in [2.45, 2.75) is 6.04 Å². The summed E-state index contributed by atoms with van der Waals surface area (Å²) in [6.07, 6.45) is 0. The zero-order chi connectivity index (χ0) is 12.5. The lowest BCUT2D eigenvalue weighted by Gasteiger charge is -2.22. The molecule has 1 atom stereocenters. The van der Waals surface area contributed by atoms with Gasteiger partial charge in [0.1, 0.15) is 11.8 Å². The number of hydrogen-bond acceptors (Lipinski definition) is 3. The van der Waals surface area contributed by atoms with Gasteiger partial charge in [-0.15, -0.1) is 0 Å². The summed E-state index contributed by atoms with van der Waals surface area (Å²) in [5, 5.41) is 7.10. The van der Waals surface area contributed by atoms with Gasteiger partial charge in [0.25, 0.3) is 0 Å². The number of methoxy groups -OCH3 is 1. The number of fused-ring (bicyclic) bond motifs is 1. The monoisotopic (exact) mass is 245 g/mol. The molecule has 94 valence electrons. The minimum atomic E-state index is -0.294. The van der Waals surface area contributed by atoms with E-state index in [2.05, 4.69) is 15.6 Å². The molecule has 3 N–H and O–H groups in total. The van der Waals surface area contributed by atoms with Crippen LogP contribution in [0.2, 0.25) is 0 Å². The highest BCUT2D eigenvalue weighted by Crippen LogP contribution is 2.24. The van der Waals surface area contributed by atoms with Crippen LogP contribution in [0.4, 0.5) is 0 Å². The third-order valence-corrected chi connectivity index (χ3v) is 3.19. The van der Waals surface area contributed by atoms with E-state index in [4.69, 9.17) is 4.74 Å². The molecule has 18 heavy (non-hydrogen) atoms. The van der Waals surface area contributed by atoms with Crippen molar-refractivity contribution >= 4 is 16.8 Å². The first kappa shape index (κ1) is 11.1. The van der Waals surface area contributed by atoms with Gasteiger partial charge in [0.2, 0.25) is 5.91 Å². The highest BCUT2D eigenvalue weighted by Gasteiger charge is 2.24. The van der Waals surface area contributed by atoms with Gasteiger partial charge >= 0.3 is 0 Å². The average Bonchev–Trinajstić information content (AvgIpc) is 2.81. The summed E-state index contributed by atoms with van der Waals surface area (Å²) in [5.74, 6) is 0.828. The molecule has 0 saturated carbocycles. The Hall–Kier alpha value is -2.01. The first-order valence-corrected chi connectivity index (χ1v) is 5.96. The molecule has 2 heterocycles. The smallest absolute Gasteiger partial charge is 0.243 e. The molecule has 1 aliphatic rings. The second-order valence-electron chi connectivity index (χ2n) is 4.36. The largest absolute Gasteiger partial charge is 0.497 e. The lowest BCUT2D eigenvalue weighted by atomic mass is 10.1. The third kappa shape index (κ3) is 1.82. The third-order valence-electron chi connectivity index (χ3n) is 3.19. The Morgan fingerprint density at radius 3 is 2.94 bits per heavy atom. The molecule has 0 radical (unpaired) electrons. The fourth-order valence-corrected chi connectivity index (χ4v) is 2.26. The summed E-state index contributed by atoms with van der Waals surface area (Å²) in [5.41, 5.74) is 1.89. The van der Waals surface area contributed by atoms with Crippen molar-refractivity contribution in [2.24, 2.45) is 0 Å². The van der Waals surface area contributed by atoms with Gasteiger partial charge in [-0.2, -0.15) is 0 Å². The molecule has 0 bridgehead atoms. The Kier molecular flexibility index (Phi) is 2.68. The highest BCUT2D eigenvalue weighted by molar-refractivity contribution is 5.87. The number of carbonyl (C=O) groups excluding carboxylic acids is 1. The molecule has 1 fully saturated rings. The topological polar surface area (TPSA) is 66.2 Å². The number of rotatable bonds is 2. The maximum atomic E-state index is 11.8. The van der Waals surface area contributed by atoms with E-state index < -0.39 is 0 Å². The fraction of sp³-hybridized carbons (Fsp3) is 0.308. The van der Waals surface area contributed by atoms with Crippen LogP contribution in [-0.2, 0) is 4.79 Å². The molecule has 5 nitrogen and oxygen atoms in total. The molecular weight excluding hydrogens is 230 g/mol. The standard InChI is InChI=1S/C13H15N3O2/c1-18-9-2-3-10-8(6-9)7-11(16-10)12-13(17)15-5-4-14-12/h2-3,6-7,12,14,16H,4-5H2,1H3,(H,15,17). The van der Waals surface area contributed by atoms with E-state index in [1.54, 1.807) is 7.11 Å². The highest BCUT2D eigenvalue weighted by atomic mass is 16.5. The van der Waals surface area contributed by atoms with Crippen molar-refractivity contribution in [1.29, 1.82) is 0 Å². The summed E-state index contributed by atoms with van der Waals surface area (Å²) in [6, 6.07) is 7.50. The molecule has 1 aromatic carbocycles. The minimum absolute atomic E-state index is 0.0137. The van der Waals surface area contributed by atoms with Crippen molar-refractivity contribution in [3.8, 4) is 5.75 Å². The van der Waals surface area contributed by atoms with Crippen LogP contribution in [0, 0.1) is 0 Å². The van der Waals surface area contributed by atoms with Crippen molar-refractivity contribution in [3.63, 3.8) is 0 Å². The van der Waals surface area contributed by atoms with Crippen LogP contribution < -0.4 is 15.4 Å². The Morgan fingerprint density at radius 2 is 2.17 bits per heavy atom. The zero-order valence-electron chi connectivity index (χ0n) is 10.1. The molecular formula is C13H15N3O2. The molecule has 1 aliphatic heterocycles. The second-order valence-corrected chi connectivity index (χ2v) is 4.36. The summed E-state index contributed by atoms with van der Waals surface area (Å²) in [6.45, 7) is 1.47. The van der Waals surface area contributed by atoms with Gasteiger partial charge in [-0.3, -0.25) is 10.1 Å². The van der Waals surface area contributed by atoms with Crippen LogP contribution in [-0.4, -0.2) is 31.1 Å². The van der Waals surface area contributed by atoms with E-state index in [0.29, 0.717) is 6.54 Å². The summed E-state index contributed by atoms with van der Waals surface area (Å²) in [7, 11) is 1.64. The first-order chi connectivity index (χ1) is 8.78. The Morgan fingerprint density at radius 1 is 1.28 bits per heavy atom. The molecule has 5 heteroatoms. The number of piperazine rings is 1. The number of amides is 1. The van der Waals surface area contributed by atoms with Gasteiger partial charge in [-0.25, -0.2) is 0 Å². The second kappa shape index (κ2) is 4.34. The van der Waals surface area contributed by atoms with Crippen LogP contribution >= 0.6 is 0 Å². The number of hydrogen-bond donors (Lipinski definition) is 3. The van der Waals surface area contributed by atoms with Gasteiger partial charge < -0.3 is 15.0 Å². The number of aromatic amines is 1. The molecule has 2 aromatic rings. The van der Waals surface area contributed by atoms with Gasteiger partial charge in [0, 0.05) is 29.7 Å². The lowest BCUT2D eigenvalue weighted by Crippen LogP contribution is -2.47. The Labute approximate surface area is 105 Å². The maximum Gasteiger partial charge on any atom is 0.243 e. The van der Waals surface area contributed by atoms with Gasteiger partial charge in [-0.05, 0) is 24.3 Å². The summed E-state index contributed by atoms with van der Waals surface area (Å²) < 4.78 is 5.19. The fourth-order valence-electron chi connectivity index (χ4n) is 2.26. The van der Waals surface area contributed by atoms with Gasteiger partial charge in [0.15, 0.2) is 0 Å². The zero-order valence-corrected chi connectivity index (χ0v) is 10.1. The molecule has 1 amide bonds. The van der Waals surface area contributed by atoms with Crippen LogP contribution in [0.25, 0.3) is 10.9 Å². The van der Waals surface area contributed by atoms with Gasteiger partial charge in [-0.1, -0.05) is 0 Å². The average molecular weight is 245 g/mol. The van der Waals surface area contributed by atoms with Crippen molar-refractivity contribution in [1.82, 2.24) is 15.6 Å². The van der Waals surface area contributed by atoms with Crippen molar-refractivity contribution in [3.05, 3.63) is 30.0 Å². The van der Waals surface area contributed by atoms with Crippen LogP contribution in [0.3, 0.4) is 0 Å². The van der Waals surface area contributed by atoms with Crippen LogP contribution in [0.1, 0.15) is 11.7 Å². The van der Waals surface area contributed by atoms with E-state index in [1.165, 1.54) is 0 Å². The maximum absolute atomic E-state index is 11.8. The Balaban J connectivity index is 1.99. The van der Waals surface area contributed by atoms with Crippen LogP contribution in [0.15, 0.2) is 24.3 Å². The van der Waals surface area contributed by atoms with E-state index >= 15 is 0 Å². The number of benzene rings is 1. The molecule has 1 unspecified atom stereocenters. The van der Waals surface area contributed by atoms with Crippen LogP contribution in [0.5, 0.6) is 5.75 Å². The SMILES string of the molecule is COc1ccc2[nH]c(C3NCCNC3=O)cc2c1. The van der Waals surface area contributed by atoms with E-state index in [0.717, 1.165) is 28.9 Å². The quantitative estimate of drug-likeness (QED) is 0.737. The van der Waals surface area contributed by atoms with E-state index in [1.807, 2.05) is 24.3 Å². The van der Waals surface area contributed by atoms with Crippen molar-refractivity contribution < 1.29 is 9.53 Å². The normalized spacial score (nSPS) is 19.8. The Bertz CT molecular complexity index is 591. The summed E-state index contributed by atoms with van der Waals surface area (Å²) in [4.78, 5) is 15.0. The lowest BCUT2D eigenvalue weighted by molar-refractivity contribution is -0.124. The molecule has 3 rings (SSSR count). The first-order valence-electron chi connectivity index (χ1n) is 5.96. The predicted octanol–water partition coefficient (Wildman–Crippen LogP) is 0.937. The summed E-state index contributed by atoms with van der Waals surface area (Å²) >= 11 is 0. The number of H-pyrrole nitrogens is 1. The predicted molar refractivity (Wildman–Crippen MR) is 68.6 cm³/mol. The number of aromatic nitrogens is 1. The minimum Gasteiger partial charge on any atom is -0.497 e. The number of nitrogens with one attached hydrogen (secondary N) is 3. The van der Waals surface area contributed by atoms with Crippen molar-refractivity contribution in [2.75, 3.05) is 20.2 Å². The molecule has 1 aromatic heterocycles.